The summed E-state index contributed by atoms with van der Waals surface area (Å²) < 4.78 is 5.84. The Bertz CT molecular complexity index is 435. The number of phenolic OH excluding ortho intramolecular Hbond substituents is 1. The fourth-order valence-corrected chi connectivity index (χ4v) is 3.25. The molecule has 2 fully saturated rings. The van der Waals surface area contributed by atoms with Crippen LogP contribution >= 0.6 is 0 Å². The van der Waals surface area contributed by atoms with Crippen LogP contribution in [0.3, 0.4) is 0 Å². The third-order valence-corrected chi connectivity index (χ3v) is 4.23. The van der Waals surface area contributed by atoms with Gasteiger partial charge in [-0.15, -0.1) is 0 Å². The molecule has 0 aromatic heterocycles. The van der Waals surface area contributed by atoms with Crippen LogP contribution in [0.5, 0.6) is 5.75 Å². The zero-order valence-electron chi connectivity index (χ0n) is 11.1. The van der Waals surface area contributed by atoms with Crippen LogP contribution in [0.4, 0.5) is 0 Å². The minimum atomic E-state index is 0.419. The van der Waals surface area contributed by atoms with Gasteiger partial charge in [-0.1, -0.05) is 12.1 Å². The summed E-state index contributed by atoms with van der Waals surface area (Å²) in [6, 6.07) is 4.63. The summed E-state index contributed by atoms with van der Waals surface area (Å²) >= 11 is 0. The predicted molar refractivity (Wildman–Crippen MR) is 70.7 cm³/mol. The quantitative estimate of drug-likeness (QED) is 0.862. The lowest BCUT2D eigenvalue weighted by molar-refractivity contribution is 0.0973. The van der Waals surface area contributed by atoms with Crippen LogP contribution in [-0.4, -0.2) is 23.4 Å². The first-order chi connectivity index (χ1) is 8.63. The molecule has 3 heteroatoms. The molecule has 3 atom stereocenters. The maximum absolute atomic E-state index is 9.76. The van der Waals surface area contributed by atoms with Crippen molar-refractivity contribution in [1.82, 2.24) is 5.32 Å². The third kappa shape index (κ3) is 2.13. The summed E-state index contributed by atoms with van der Waals surface area (Å²) in [7, 11) is 0. The highest BCUT2D eigenvalue weighted by atomic mass is 16.5. The van der Waals surface area contributed by atoms with Gasteiger partial charge in [0.25, 0.3) is 0 Å². The van der Waals surface area contributed by atoms with Crippen molar-refractivity contribution >= 4 is 0 Å². The molecule has 1 aromatic carbocycles. The Morgan fingerprint density at radius 3 is 2.56 bits per heavy atom. The Hall–Kier alpha value is -1.06. The molecule has 2 aliphatic rings. The molecule has 98 valence electrons. The van der Waals surface area contributed by atoms with Crippen molar-refractivity contribution in [3.8, 4) is 5.75 Å². The molecule has 2 N–H and O–H groups in total. The molecule has 3 nitrogen and oxygen atoms in total. The average molecular weight is 247 g/mol. The molecule has 0 amide bonds. The Morgan fingerprint density at radius 1 is 1.28 bits per heavy atom. The van der Waals surface area contributed by atoms with Gasteiger partial charge in [0.1, 0.15) is 5.75 Å². The number of nitrogens with one attached hydrogen (secondary N) is 1. The third-order valence-electron chi connectivity index (χ3n) is 4.23. The van der Waals surface area contributed by atoms with Crippen molar-refractivity contribution in [1.29, 1.82) is 0 Å². The van der Waals surface area contributed by atoms with Crippen LogP contribution < -0.4 is 5.32 Å². The van der Waals surface area contributed by atoms with Gasteiger partial charge in [0, 0.05) is 12.6 Å². The Morgan fingerprint density at radius 2 is 2.00 bits per heavy atom. The molecule has 2 saturated heterocycles. The topological polar surface area (TPSA) is 41.5 Å². The summed E-state index contributed by atoms with van der Waals surface area (Å²) in [6.45, 7) is 4.76. The molecular weight excluding hydrogens is 226 g/mol. The van der Waals surface area contributed by atoms with Crippen molar-refractivity contribution < 1.29 is 9.84 Å². The van der Waals surface area contributed by atoms with E-state index in [0.29, 0.717) is 24.0 Å². The van der Waals surface area contributed by atoms with Gasteiger partial charge in [0.05, 0.1) is 12.2 Å². The summed E-state index contributed by atoms with van der Waals surface area (Å²) in [4.78, 5) is 0. The van der Waals surface area contributed by atoms with Crippen LogP contribution in [0.2, 0.25) is 0 Å². The van der Waals surface area contributed by atoms with Crippen LogP contribution in [-0.2, 0) is 11.3 Å². The summed E-state index contributed by atoms with van der Waals surface area (Å²) in [5.74, 6) is 0.419. The van der Waals surface area contributed by atoms with E-state index in [1.165, 1.54) is 18.4 Å². The van der Waals surface area contributed by atoms with E-state index >= 15 is 0 Å². The second-order valence-corrected chi connectivity index (χ2v) is 5.68. The van der Waals surface area contributed by atoms with Gasteiger partial charge in [0.15, 0.2) is 0 Å². The van der Waals surface area contributed by atoms with Crippen LogP contribution in [0.25, 0.3) is 0 Å². The van der Waals surface area contributed by atoms with Gasteiger partial charge >= 0.3 is 0 Å². The lowest BCUT2D eigenvalue weighted by Crippen LogP contribution is -2.37. The van der Waals surface area contributed by atoms with Gasteiger partial charge < -0.3 is 15.2 Å². The van der Waals surface area contributed by atoms with Crippen molar-refractivity contribution in [3.63, 3.8) is 0 Å². The highest BCUT2D eigenvalue weighted by Gasteiger charge is 2.40. The number of rotatable bonds is 3. The van der Waals surface area contributed by atoms with Crippen molar-refractivity contribution in [2.75, 3.05) is 0 Å². The van der Waals surface area contributed by atoms with E-state index in [4.69, 9.17) is 4.74 Å². The van der Waals surface area contributed by atoms with E-state index in [1.54, 1.807) is 0 Å². The highest BCUT2D eigenvalue weighted by molar-refractivity contribution is 5.42. The molecule has 1 aromatic rings. The molecule has 0 spiro atoms. The van der Waals surface area contributed by atoms with Gasteiger partial charge in [-0.05, 0) is 49.8 Å². The summed E-state index contributed by atoms with van der Waals surface area (Å²) in [5, 5.41) is 13.4. The van der Waals surface area contributed by atoms with Crippen molar-refractivity contribution in [2.45, 2.75) is 57.9 Å². The second-order valence-electron chi connectivity index (χ2n) is 5.68. The second kappa shape index (κ2) is 4.56. The van der Waals surface area contributed by atoms with Crippen LogP contribution in [0, 0.1) is 13.8 Å². The van der Waals surface area contributed by atoms with Crippen LogP contribution in [0.1, 0.15) is 36.0 Å². The molecule has 3 unspecified atom stereocenters. The normalized spacial score (nSPS) is 30.0. The van der Waals surface area contributed by atoms with E-state index in [2.05, 4.69) is 17.4 Å². The maximum atomic E-state index is 9.76. The number of fused-ring (bicyclic) bond motifs is 2. The number of hydrogen-bond donors (Lipinski definition) is 2. The Labute approximate surface area is 108 Å². The maximum Gasteiger partial charge on any atom is 0.121 e. The van der Waals surface area contributed by atoms with E-state index in [0.717, 1.165) is 24.1 Å². The monoisotopic (exact) mass is 247 g/mol. The minimum Gasteiger partial charge on any atom is -0.507 e. The van der Waals surface area contributed by atoms with Gasteiger partial charge in [-0.25, -0.2) is 0 Å². The molecule has 18 heavy (non-hydrogen) atoms. The summed E-state index contributed by atoms with van der Waals surface area (Å²) in [5.41, 5.74) is 3.15. The molecular formula is C15H21NO2. The first-order valence-electron chi connectivity index (χ1n) is 6.81. The predicted octanol–water partition coefficient (Wildman–Crippen LogP) is 2.42. The van der Waals surface area contributed by atoms with Crippen molar-refractivity contribution in [3.05, 3.63) is 28.8 Å². The van der Waals surface area contributed by atoms with E-state index in [1.807, 2.05) is 13.8 Å². The number of phenols is 1. The van der Waals surface area contributed by atoms with Gasteiger partial charge in [-0.2, -0.15) is 0 Å². The average Bonchev–Trinajstić information content (AvgIpc) is 2.95. The first kappa shape index (κ1) is 12.0. The van der Waals surface area contributed by atoms with Crippen molar-refractivity contribution in [2.24, 2.45) is 0 Å². The number of ether oxygens (including phenoxy) is 1. The molecule has 0 saturated carbocycles. The van der Waals surface area contributed by atoms with E-state index in [9.17, 15) is 5.11 Å². The molecule has 3 rings (SSSR count). The molecule has 0 aliphatic carbocycles. The number of hydrogen-bond acceptors (Lipinski definition) is 3. The number of aromatic hydroxyl groups is 1. The Balaban J connectivity index is 1.63. The number of aryl methyl sites for hydroxylation is 2. The standard InChI is InChI=1S/C15H21NO2/c1-9-5-11(6-10(2)15(9)17)8-16-13-7-12-3-4-14(13)18-12/h5-6,12-14,16-17H,3-4,7-8H2,1-2H3. The lowest BCUT2D eigenvalue weighted by Gasteiger charge is -2.20. The fraction of sp³-hybridized carbons (Fsp3) is 0.600. The fourth-order valence-electron chi connectivity index (χ4n) is 3.25. The smallest absolute Gasteiger partial charge is 0.121 e. The zero-order chi connectivity index (χ0) is 12.7. The number of benzene rings is 1. The highest BCUT2D eigenvalue weighted by Crippen LogP contribution is 2.34. The minimum absolute atomic E-state index is 0.419. The lowest BCUT2D eigenvalue weighted by atomic mass is 9.95. The largest absolute Gasteiger partial charge is 0.507 e. The van der Waals surface area contributed by atoms with E-state index < -0.39 is 0 Å². The SMILES string of the molecule is Cc1cc(CNC2CC3CCC2O3)cc(C)c1O. The molecule has 2 heterocycles. The van der Waals surface area contributed by atoms with E-state index in [-0.39, 0.29) is 0 Å². The zero-order valence-corrected chi connectivity index (χ0v) is 11.1. The van der Waals surface area contributed by atoms with Crippen LogP contribution in [0.15, 0.2) is 12.1 Å². The first-order valence-corrected chi connectivity index (χ1v) is 6.81. The van der Waals surface area contributed by atoms with Gasteiger partial charge in [0.2, 0.25) is 0 Å². The Kier molecular flexibility index (Phi) is 3.04. The summed E-state index contributed by atoms with van der Waals surface area (Å²) in [6.07, 6.45) is 4.52. The molecule has 0 radical (unpaired) electrons. The molecule has 2 aliphatic heterocycles. The van der Waals surface area contributed by atoms with Gasteiger partial charge in [-0.3, -0.25) is 0 Å². The molecule has 2 bridgehead atoms.